The van der Waals surface area contributed by atoms with Crippen LogP contribution in [0.15, 0.2) is 23.7 Å². The Bertz CT molecular complexity index is 533. The van der Waals surface area contributed by atoms with E-state index in [1.165, 1.54) is 0 Å². The monoisotopic (exact) mass is 294 g/mol. The smallest absolute Gasteiger partial charge is 0.203 e. The molecule has 2 aromatic rings. The fourth-order valence-corrected chi connectivity index (χ4v) is 2.85. The molecule has 108 valence electrons. The fraction of sp³-hybridized carbons (Fsp3) is 0.357. The van der Waals surface area contributed by atoms with Crippen LogP contribution in [0.25, 0.3) is 0 Å². The highest BCUT2D eigenvalue weighted by atomic mass is 32.1. The van der Waals surface area contributed by atoms with E-state index >= 15 is 0 Å². The summed E-state index contributed by atoms with van der Waals surface area (Å²) >= 11 is 1.60. The highest BCUT2D eigenvalue weighted by molar-refractivity contribution is 7.09. The van der Waals surface area contributed by atoms with Gasteiger partial charge in [-0.3, -0.25) is 0 Å². The lowest BCUT2D eigenvalue weighted by Crippen LogP contribution is -2.17. The molecule has 1 aromatic carbocycles. The number of nitrogens with one attached hydrogen (secondary N) is 1. The van der Waals surface area contributed by atoms with Crippen molar-refractivity contribution in [2.24, 2.45) is 0 Å². The molecule has 20 heavy (non-hydrogen) atoms. The molecule has 0 spiro atoms. The van der Waals surface area contributed by atoms with Gasteiger partial charge in [-0.2, -0.15) is 0 Å². The Hall–Kier alpha value is -1.79. The van der Waals surface area contributed by atoms with E-state index in [2.05, 4.69) is 10.3 Å². The molecular weight excluding hydrogens is 276 g/mol. The van der Waals surface area contributed by atoms with E-state index in [-0.39, 0.29) is 6.04 Å². The molecule has 1 heterocycles. The van der Waals surface area contributed by atoms with Crippen molar-refractivity contribution in [2.45, 2.75) is 6.04 Å². The second-order valence-electron chi connectivity index (χ2n) is 4.05. The number of hydrogen-bond acceptors (Lipinski definition) is 6. The van der Waals surface area contributed by atoms with Crippen LogP contribution in [0, 0.1) is 0 Å². The number of nitrogens with zero attached hydrogens (tertiary/aromatic N) is 1. The molecule has 0 aliphatic carbocycles. The zero-order chi connectivity index (χ0) is 14.5. The third-order valence-electron chi connectivity index (χ3n) is 3.01. The highest BCUT2D eigenvalue weighted by Crippen LogP contribution is 2.40. The van der Waals surface area contributed by atoms with Gasteiger partial charge in [0.1, 0.15) is 5.01 Å². The van der Waals surface area contributed by atoms with E-state index in [0.29, 0.717) is 17.2 Å². The van der Waals surface area contributed by atoms with Gasteiger partial charge in [-0.05, 0) is 24.7 Å². The zero-order valence-corrected chi connectivity index (χ0v) is 12.8. The summed E-state index contributed by atoms with van der Waals surface area (Å²) in [5, 5.41) is 6.20. The molecular formula is C14H18N2O3S. The molecule has 0 bridgehead atoms. The summed E-state index contributed by atoms with van der Waals surface area (Å²) in [5.74, 6) is 1.87. The van der Waals surface area contributed by atoms with Crippen molar-refractivity contribution >= 4 is 11.3 Å². The summed E-state index contributed by atoms with van der Waals surface area (Å²) in [7, 11) is 6.71. The van der Waals surface area contributed by atoms with Crippen molar-refractivity contribution in [2.75, 3.05) is 28.4 Å². The van der Waals surface area contributed by atoms with Crippen LogP contribution in [0.1, 0.15) is 16.6 Å². The van der Waals surface area contributed by atoms with Crippen LogP contribution in [0.4, 0.5) is 0 Å². The predicted octanol–water partition coefficient (Wildman–Crippen LogP) is 2.48. The minimum atomic E-state index is -0.0105. The first-order chi connectivity index (χ1) is 9.74. The summed E-state index contributed by atoms with van der Waals surface area (Å²) < 4.78 is 16.1. The molecule has 0 aliphatic heterocycles. The summed E-state index contributed by atoms with van der Waals surface area (Å²) in [6, 6.07) is 3.86. The number of hydrogen-bond donors (Lipinski definition) is 1. The molecule has 0 radical (unpaired) electrons. The Morgan fingerprint density at radius 1 is 1.10 bits per heavy atom. The van der Waals surface area contributed by atoms with Crippen molar-refractivity contribution in [3.05, 3.63) is 34.3 Å². The predicted molar refractivity (Wildman–Crippen MR) is 79.1 cm³/mol. The van der Waals surface area contributed by atoms with E-state index in [9.17, 15) is 0 Å². The quantitative estimate of drug-likeness (QED) is 0.887. The van der Waals surface area contributed by atoms with Crippen LogP contribution >= 0.6 is 11.3 Å². The lowest BCUT2D eigenvalue weighted by molar-refractivity contribution is 0.323. The van der Waals surface area contributed by atoms with E-state index in [1.807, 2.05) is 24.6 Å². The SMILES string of the molecule is CNC(c1cc(OC)c(OC)c(OC)c1)c1nccs1. The van der Waals surface area contributed by atoms with Gasteiger partial charge in [-0.15, -0.1) is 11.3 Å². The summed E-state index contributed by atoms with van der Waals surface area (Å²) in [6.45, 7) is 0. The van der Waals surface area contributed by atoms with Gasteiger partial charge in [0, 0.05) is 11.6 Å². The number of ether oxygens (including phenoxy) is 3. The molecule has 0 amide bonds. The highest BCUT2D eigenvalue weighted by Gasteiger charge is 2.20. The van der Waals surface area contributed by atoms with E-state index in [0.717, 1.165) is 10.6 Å². The molecule has 1 unspecified atom stereocenters. The maximum atomic E-state index is 5.38. The van der Waals surface area contributed by atoms with Gasteiger partial charge in [0.25, 0.3) is 0 Å². The minimum Gasteiger partial charge on any atom is -0.493 e. The number of methoxy groups -OCH3 is 3. The normalized spacial score (nSPS) is 12.0. The van der Waals surface area contributed by atoms with E-state index in [4.69, 9.17) is 14.2 Å². The van der Waals surface area contributed by atoms with Gasteiger partial charge in [-0.1, -0.05) is 0 Å². The molecule has 2 rings (SSSR count). The first-order valence-corrected chi connectivity index (χ1v) is 6.99. The molecule has 1 N–H and O–H groups in total. The maximum Gasteiger partial charge on any atom is 0.203 e. The van der Waals surface area contributed by atoms with Crippen molar-refractivity contribution in [1.29, 1.82) is 0 Å². The van der Waals surface area contributed by atoms with Crippen LogP contribution in [0.2, 0.25) is 0 Å². The molecule has 0 fully saturated rings. The Morgan fingerprint density at radius 3 is 2.15 bits per heavy atom. The van der Waals surface area contributed by atoms with Gasteiger partial charge in [0.15, 0.2) is 11.5 Å². The molecule has 0 aliphatic rings. The zero-order valence-electron chi connectivity index (χ0n) is 12.0. The topological polar surface area (TPSA) is 52.6 Å². The Labute approximate surface area is 122 Å². The number of rotatable bonds is 6. The Kier molecular flexibility index (Phi) is 4.81. The van der Waals surface area contributed by atoms with Gasteiger partial charge in [0.2, 0.25) is 5.75 Å². The minimum absolute atomic E-state index is 0.0105. The van der Waals surface area contributed by atoms with Crippen molar-refractivity contribution in [1.82, 2.24) is 10.3 Å². The lowest BCUT2D eigenvalue weighted by atomic mass is 10.1. The largest absolute Gasteiger partial charge is 0.493 e. The van der Waals surface area contributed by atoms with Gasteiger partial charge in [0.05, 0.1) is 27.4 Å². The Balaban J connectivity index is 2.50. The summed E-state index contributed by atoms with van der Waals surface area (Å²) in [5.41, 5.74) is 1.01. The second kappa shape index (κ2) is 6.58. The van der Waals surface area contributed by atoms with Crippen LogP contribution in [0.3, 0.4) is 0 Å². The fourth-order valence-electron chi connectivity index (χ4n) is 2.08. The van der Waals surface area contributed by atoms with Crippen LogP contribution in [-0.2, 0) is 0 Å². The molecule has 5 nitrogen and oxygen atoms in total. The molecule has 6 heteroatoms. The summed E-state index contributed by atoms with van der Waals surface area (Å²) in [6.07, 6.45) is 1.79. The third-order valence-corrected chi connectivity index (χ3v) is 3.85. The first-order valence-electron chi connectivity index (χ1n) is 6.11. The molecule has 0 saturated carbocycles. The third kappa shape index (κ3) is 2.71. The van der Waals surface area contributed by atoms with Crippen molar-refractivity contribution in [3.8, 4) is 17.2 Å². The van der Waals surface area contributed by atoms with Crippen molar-refractivity contribution in [3.63, 3.8) is 0 Å². The maximum absolute atomic E-state index is 5.38. The molecule has 1 atom stereocenters. The van der Waals surface area contributed by atoms with Crippen molar-refractivity contribution < 1.29 is 14.2 Å². The summed E-state index contributed by atoms with van der Waals surface area (Å²) in [4.78, 5) is 4.36. The number of thiazole rings is 1. The molecule has 0 saturated heterocycles. The van der Waals surface area contributed by atoms with Crippen LogP contribution < -0.4 is 19.5 Å². The average Bonchev–Trinajstić information content (AvgIpc) is 3.00. The average molecular weight is 294 g/mol. The van der Waals surface area contributed by atoms with Crippen LogP contribution in [0.5, 0.6) is 17.2 Å². The van der Waals surface area contributed by atoms with E-state index < -0.39 is 0 Å². The lowest BCUT2D eigenvalue weighted by Gasteiger charge is -2.18. The van der Waals surface area contributed by atoms with Crippen LogP contribution in [-0.4, -0.2) is 33.4 Å². The van der Waals surface area contributed by atoms with Gasteiger partial charge in [-0.25, -0.2) is 4.98 Å². The van der Waals surface area contributed by atoms with Gasteiger partial charge >= 0.3 is 0 Å². The molecule has 1 aromatic heterocycles. The standard InChI is InChI=1S/C14H18N2O3S/c1-15-12(14-16-5-6-20-14)9-7-10(17-2)13(19-4)11(8-9)18-3/h5-8,12,15H,1-4H3. The van der Waals surface area contributed by atoms with Gasteiger partial charge < -0.3 is 19.5 Å². The Morgan fingerprint density at radius 2 is 1.75 bits per heavy atom. The second-order valence-corrected chi connectivity index (χ2v) is 4.98. The first kappa shape index (κ1) is 14.6. The van der Waals surface area contributed by atoms with E-state index in [1.54, 1.807) is 38.9 Å². The number of aromatic nitrogens is 1. The number of benzene rings is 1.